The van der Waals surface area contributed by atoms with Crippen molar-refractivity contribution in [1.29, 1.82) is 0 Å². The quantitative estimate of drug-likeness (QED) is 0.857. The van der Waals surface area contributed by atoms with E-state index in [1.165, 1.54) is 11.1 Å². The van der Waals surface area contributed by atoms with Crippen LogP contribution in [0.5, 0.6) is 5.75 Å². The SMILES string of the molecule is COc1cccc2c1C1(CCN(CCn3cnnc3)CC1)OCC2. The molecule has 0 amide bonds. The fourth-order valence-electron chi connectivity index (χ4n) is 4.03. The highest BCUT2D eigenvalue weighted by molar-refractivity contribution is 5.46. The van der Waals surface area contributed by atoms with Gasteiger partial charge in [0.05, 0.1) is 19.3 Å². The van der Waals surface area contributed by atoms with Crippen LogP contribution in [0.15, 0.2) is 30.9 Å². The minimum atomic E-state index is -0.173. The smallest absolute Gasteiger partial charge is 0.125 e. The molecule has 1 spiro atoms. The number of aromatic nitrogens is 3. The van der Waals surface area contributed by atoms with Gasteiger partial charge in [-0.3, -0.25) is 0 Å². The minimum Gasteiger partial charge on any atom is -0.496 e. The Morgan fingerprint density at radius 1 is 1.17 bits per heavy atom. The van der Waals surface area contributed by atoms with Gasteiger partial charge in [0.25, 0.3) is 0 Å². The lowest BCUT2D eigenvalue weighted by Crippen LogP contribution is -2.47. The van der Waals surface area contributed by atoms with E-state index in [1.807, 2.05) is 4.57 Å². The molecule has 2 aromatic rings. The topological polar surface area (TPSA) is 52.4 Å². The third-order valence-corrected chi connectivity index (χ3v) is 5.34. The van der Waals surface area contributed by atoms with Gasteiger partial charge in [-0.25, -0.2) is 0 Å². The van der Waals surface area contributed by atoms with Crippen molar-refractivity contribution in [1.82, 2.24) is 19.7 Å². The summed E-state index contributed by atoms with van der Waals surface area (Å²) in [6.45, 7) is 4.84. The minimum absolute atomic E-state index is 0.173. The van der Waals surface area contributed by atoms with Crippen LogP contribution in [0.1, 0.15) is 24.0 Å². The molecule has 2 aliphatic heterocycles. The summed E-state index contributed by atoms with van der Waals surface area (Å²) in [7, 11) is 1.76. The van der Waals surface area contributed by atoms with Crippen LogP contribution >= 0.6 is 0 Å². The van der Waals surface area contributed by atoms with E-state index in [0.717, 1.165) is 57.8 Å². The molecule has 0 N–H and O–H groups in total. The lowest BCUT2D eigenvalue weighted by atomic mass is 9.79. The predicted molar refractivity (Wildman–Crippen MR) is 90.0 cm³/mol. The van der Waals surface area contributed by atoms with E-state index in [4.69, 9.17) is 9.47 Å². The second kappa shape index (κ2) is 6.53. The van der Waals surface area contributed by atoms with Gasteiger partial charge in [-0.15, -0.1) is 10.2 Å². The van der Waals surface area contributed by atoms with Crippen LogP contribution in [0.4, 0.5) is 0 Å². The third-order valence-electron chi connectivity index (χ3n) is 5.34. The average molecular weight is 328 g/mol. The molecule has 4 rings (SSSR count). The molecule has 1 saturated heterocycles. The summed E-state index contributed by atoms with van der Waals surface area (Å²) in [5.41, 5.74) is 2.50. The van der Waals surface area contributed by atoms with Crippen molar-refractivity contribution in [3.05, 3.63) is 42.0 Å². The Kier molecular flexibility index (Phi) is 4.24. The fourth-order valence-corrected chi connectivity index (χ4v) is 4.03. The lowest BCUT2D eigenvalue weighted by Gasteiger charge is -2.45. The lowest BCUT2D eigenvalue weighted by molar-refractivity contribution is -0.0992. The number of ether oxygens (including phenoxy) is 2. The van der Waals surface area contributed by atoms with Crippen LogP contribution in [0, 0.1) is 0 Å². The van der Waals surface area contributed by atoms with Gasteiger partial charge in [0.1, 0.15) is 18.4 Å². The molecular formula is C18H24N4O2. The molecule has 0 aliphatic carbocycles. The van der Waals surface area contributed by atoms with Crippen molar-refractivity contribution in [2.45, 2.75) is 31.4 Å². The van der Waals surface area contributed by atoms with E-state index in [0.29, 0.717) is 0 Å². The molecule has 128 valence electrons. The van der Waals surface area contributed by atoms with Crippen molar-refractivity contribution in [2.24, 2.45) is 0 Å². The average Bonchev–Trinajstić information content (AvgIpc) is 3.15. The molecule has 1 aromatic carbocycles. The molecule has 0 radical (unpaired) electrons. The monoisotopic (exact) mass is 328 g/mol. The summed E-state index contributed by atoms with van der Waals surface area (Å²) >= 11 is 0. The number of piperidine rings is 1. The van der Waals surface area contributed by atoms with Gasteiger partial charge in [-0.2, -0.15) is 0 Å². The largest absolute Gasteiger partial charge is 0.496 e. The Morgan fingerprint density at radius 3 is 2.71 bits per heavy atom. The summed E-state index contributed by atoms with van der Waals surface area (Å²) in [5, 5.41) is 7.72. The first-order chi connectivity index (χ1) is 11.8. The number of rotatable bonds is 4. The summed E-state index contributed by atoms with van der Waals surface area (Å²) in [4.78, 5) is 2.50. The standard InChI is InChI=1S/C18H24N4O2/c1-23-16-4-2-3-15-5-12-24-18(17(15)16)6-8-21(9-7-18)10-11-22-13-19-20-14-22/h2-4,13-14H,5-12H2,1H3. The van der Waals surface area contributed by atoms with Crippen molar-refractivity contribution < 1.29 is 9.47 Å². The third kappa shape index (κ3) is 2.80. The second-order valence-corrected chi connectivity index (χ2v) is 6.63. The normalized spacial score (nSPS) is 20.0. The van der Waals surface area contributed by atoms with Gasteiger partial charge < -0.3 is 18.9 Å². The molecule has 0 atom stereocenters. The molecule has 0 unspecified atom stereocenters. The Morgan fingerprint density at radius 2 is 1.96 bits per heavy atom. The summed E-state index contributed by atoms with van der Waals surface area (Å²) in [5.74, 6) is 0.977. The number of hydrogen-bond donors (Lipinski definition) is 0. The van der Waals surface area contributed by atoms with E-state index in [1.54, 1.807) is 19.8 Å². The predicted octanol–water partition coefficient (Wildman–Crippen LogP) is 1.85. The second-order valence-electron chi connectivity index (χ2n) is 6.63. The van der Waals surface area contributed by atoms with E-state index in [-0.39, 0.29) is 5.60 Å². The van der Waals surface area contributed by atoms with Gasteiger partial charge in [-0.1, -0.05) is 12.1 Å². The van der Waals surface area contributed by atoms with Crippen LogP contribution < -0.4 is 4.74 Å². The van der Waals surface area contributed by atoms with Crippen LogP contribution in [0.2, 0.25) is 0 Å². The number of nitrogens with zero attached hydrogens (tertiary/aromatic N) is 4. The first-order valence-corrected chi connectivity index (χ1v) is 8.66. The first-order valence-electron chi connectivity index (χ1n) is 8.66. The molecule has 1 aromatic heterocycles. The first kappa shape index (κ1) is 15.6. The zero-order valence-corrected chi connectivity index (χ0v) is 14.1. The summed E-state index contributed by atoms with van der Waals surface area (Å²) < 4.78 is 14.0. The van der Waals surface area contributed by atoms with Gasteiger partial charge in [-0.05, 0) is 30.9 Å². The Hall–Kier alpha value is -1.92. The van der Waals surface area contributed by atoms with E-state index < -0.39 is 0 Å². The summed E-state index contributed by atoms with van der Waals surface area (Å²) in [6.07, 6.45) is 6.56. The van der Waals surface area contributed by atoms with Gasteiger partial charge >= 0.3 is 0 Å². The van der Waals surface area contributed by atoms with Gasteiger partial charge in [0.2, 0.25) is 0 Å². The number of fused-ring (bicyclic) bond motifs is 2. The molecule has 6 heteroatoms. The Labute approximate surface area is 142 Å². The molecule has 6 nitrogen and oxygen atoms in total. The number of methoxy groups -OCH3 is 1. The molecule has 2 aliphatic rings. The Bertz CT molecular complexity index is 664. The number of benzene rings is 1. The number of likely N-dealkylation sites (tertiary alicyclic amines) is 1. The van der Waals surface area contributed by atoms with Crippen LogP contribution in [-0.2, 0) is 23.3 Å². The van der Waals surface area contributed by atoms with Crippen LogP contribution in [0.3, 0.4) is 0 Å². The molecule has 24 heavy (non-hydrogen) atoms. The van der Waals surface area contributed by atoms with Crippen molar-refractivity contribution in [3.63, 3.8) is 0 Å². The zero-order chi connectivity index (χ0) is 16.4. The fraction of sp³-hybridized carbons (Fsp3) is 0.556. The maximum absolute atomic E-state index is 6.34. The Balaban J connectivity index is 1.47. The van der Waals surface area contributed by atoms with Crippen molar-refractivity contribution in [3.8, 4) is 5.75 Å². The number of hydrogen-bond acceptors (Lipinski definition) is 5. The molecule has 0 saturated carbocycles. The van der Waals surface area contributed by atoms with E-state index >= 15 is 0 Å². The van der Waals surface area contributed by atoms with E-state index in [9.17, 15) is 0 Å². The molecular weight excluding hydrogens is 304 g/mol. The van der Waals surface area contributed by atoms with E-state index in [2.05, 4.69) is 33.3 Å². The highest BCUT2D eigenvalue weighted by Gasteiger charge is 2.42. The van der Waals surface area contributed by atoms with Crippen molar-refractivity contribution in [2.75, 3.05) is 33.4 Å². The summed E-state index contributed by atoms with van der Waals surface area (Å²) in [6, 6.07) is 6.37. The van der Waals surface area contributed by atoms with Gasteiger partial charge in [0, 0.05) is 31.7 Å². The maximum Gasteiger partial charge on any atom is 0.125 e. The van der Waals surface area contributed by atoms with Gasteiger partial charge in [0.15, 0.2) is 0 Å². The highest BCUT2D eigenvalue weighted by atomic mass is 16.5. The van der Waals surface area contributed by atoms with Crippen LogP contribution in [-0.4, -0.2) is 53.0 Å². The maximum atomic E-state index is 6.34. The van der Waals surface area contributed by atoms with Crippen molar-refractivity contribution >= 4 is 0 Å². The molecule has 3 heterocycles. The zero-order valence-electron chi connectivity index (χ0n) is 14.1. The molecule has 1 fully saturated rings. The highest BCUT2D eigenvalue weighted by Crippen LogP contribution is 2.45. The molecule has 0 bridgehead atoms. The van der Waals surface area contributed by atoms with Crippen LogP contribution in [0.25, 0.3) is 0 Å².